The molecule has 21 heavy (non-hydrogen) atoms. The number of carbonyl (C=O) groups is 3. The number of quaternary nitrogens is 1. The molecule has 0 bridgehead atoms. The second-order valence-corrected chi connectivity index (χ2v) is 5.36. The summed E-state index contributed by atoms with van der Waals surface area (Å²) in [6.45, 7) is 0.147. The first kappa shape index (κ1) is 22.8. The molecule has 0 saturated heterocycles. The maximum atomic E-state index is 11.5. The summed E-state index contributed by atoms with van der Waals surface area (Å²) < 4.78 is 5.06. The van der Waals surface area contributed by atoms with Gasteiger partial charge in [0.2, 0.25) is 0 Å². The van der Waals surface area contributed by atoms with Gasteiger partial charge >= 0.3 is 55.6 Å². The number of rotatable bonds is 8. The van der Waals surface area contributed by atoms with Crippen molar-refractivity contribution in [2.45, 2.75) is 24.7 Å². The van der Waals surface area contributed by atoms with Crippen molar-refractivity contribution in [3.63, 3.8) is 0 Å². The Labute approximate surface area is 151 Å². The average Bonchev–Trinajstić information content (AvgIpc) is 2.23. The van der Waals surface area contributed by atoms with Gasteiger partial charge in [-0.1, -0.05) is 0 Å². The minimum absolute atomic E-state index is 0. The van der Waals surface area contributed by atoms with Crippen molar-refractivity contribution in [2.75, 3.05) is 27.7 Å². The monoisotopic (exact) mass is 334 g/mol. The smallest absolute Gasteiger partial charge is 0.481 e. The van der Waals surface area contributed by atoms with Gasteiger partial charge in [-0.3, -0.25) is 4.79 Å². The molecule has 9 nitrogen and oxygen atoms in total. The van der Waals surface area contributed by atoms with E-state index in [1.807, 2.05) is 0 Å². The number of hydrogen-bond acceptors (Lipinski definition) is 6. The van der Waals surface area contributed by atoms with Gasteiger partial charge in [-0.2, -0.15) is 0 Å². The van der Waals surface area contributed by atoms with Crippen LogP contribution in [0.2, 0.25) is 0 Å². The summed E-state index contributed by atoms with van der Waals surface area (Å²) in [4.78, 5) is 32.6. The van der Waals surface area contributed by atoms with E-state index in [2.05, 4.69) is 0 Å². The first-order valence-electron chi connectivity index (χ1n) is 5.75. The Morgan fingerprint density at radius 1 is 1.05 bits per heavy atom. The minimum Gasteiger partial charge on any atom is -0.481 e. The molecule has 2 unspecified atom stereocenters. The molecule has 0 amide bonds. The summed E-state index contributed by atoms with van der Waals surface area (Å²) in [6, 6.07) is 0. The van der Waals surface area contributed by atoms with Crippen molar-refractivity contribution in [3.8, 4) is 0 Å². The van der Waals surface area contributed by atoms with Gasteiger partial charge in [0, 0.05) is 0 Å². The number of aliphatic carboxylic acids is 2. The molecule has 0 aromatic rings. The number of aliphatic hydroxyl groups is 2. The normalized spacial score (nSPS) is 15.3. The number of hydrogen-bond donors (Lipinski definition) is 4. The fourth-order valence-electron chi connectivity index (χ4n) is 1.45. The van der Waals surface area contributed by atoms with Crippen LogP contribution in [0.3, 0.4) is 0 Å². The van der Waals surface area contributed by atoms with Crippen molar-refractivity contribution in [1.29, 1.82) is 0 Å². The van der Waals surface area contributed by atoms with Gasteiger partial charge in [0.25, 0.3) is 0 Å². The molecule has 0 saturated carbocycles. The third-order valence-corrected chi connectivity index (χ3v) is 2.23. The maximum Gasteiger partial charge on any atom is 2.00 e. The summed E-state index contributed by atoms with van der Waals surface area (Å²) in [5.74, 6) is -4.36. The van der Waals surface area contributed by atoms with Crippen LogP contribution in [0.25, 0.3) is 0 Å². The van der Waals surface area contributed by atoms with Crippen molar-refractivity contribution in [1.82, 2.24) is 0 Å². The van der Waals surface area contributed by atoms with Gasteiger partial charge in [0.05, 0.1) is 27.6 Å². The van der Waals surface area contributed by atoms with Crippen LogP contribution in [0.15, 0.2) is 0 Å². The van der Waals surface area contributed by atoms with E-state index >= 15 is 0 Å². The van der Waals surface area contributed by atoms with Crippen molar-refractivity contribution >= 4 is 55.6 Å². The largest absolute Gasteiger partial charge is 2.00 e. The Hall–Kier alpha value is -0.450. The summed E-state index contributed by atoms with van der Waals surface area (Å²) >= 11 is 0. The van der Waals surface area contributed by atoms with E-state index in [1.54, 1.807) is 21.1 Å². The van der Waals surface area contributed by atoms with E-state index in [0.717, 1.165) is 0 Å². The van der Waals surface area contributed by atoms with E-state index in [9.17, 15) is 19.5 Å². The topological polar surface area (TPSA) is 141 Å². The number of ether oxygens (including phenoxy) is 1. The van der Waals surface area contributed by atoms with Crippen LogP contribution in [0.5, 0.6) is 0 Å². The zero-order valence-electron chi connectivity index (χ0n) is 12.2. The Kier molecular flexibility index (Phi) is 10.4. The standard InChI is InChI=1S/C11H19NO8.Ca/c1-12(2,3)5-6(4-7(13)14)20-11(19)9(16)8(15)10(17)18;/h6,8-9,15-16H,4-5H2,1-3H3,(H-,13,14,17,18);/q;+2/p+1/t6-,8?,9?;/m1./s1. The Morgan fingerprint density at radius 3 is 1.86 bits per heavy atom. The van der Waals surface area contributed by atoms with Gasteiger partial charge in [-0.15, -0.1) is 0 Å². The van der Waals surface area contributed by atoms with Crippen LogP contribution in [0, 0.1) is 0 Å². The van der Waals surface area contributed by atoms with E-state index in [-0.39, 0.29) is 44.3 Å². The van der Waals surface area contributed by atoms with Crippen LogP contribution >= 0.6 is 0 Å². The third kappa shape index (κ3) is 9.99. The fourth-order valence-corrected chi connectivity index (χ4v) is 1.45. The molecule has 10 heteroatoms. The zero-order valence-corrected chi connectivity index (χ0v) is 14.4. The number of likely N-dealkylation sites (N-methyl/N-ethyl adjacent to an activating group) is 1. The molecular formula is C11H20CaNO8+3. The van der Waals surface area contributed by atoms with E-state index < -0.39 is 42.6 Å². The molecule has 0 heterocycles. The van der Waals surface area contributed by atoms with Crippen LogP contribution in [-0.2, 0) is 19.1 Å². The molecule has 0 rings (SSSR count). The minimum atomic E-state index is -2.32. The molecule has 3 atom stereocenters. The molecule has 4 N–H and O–H groups in total. The average molecular weight is 334 g/mol. The summed E-state index contributed by atoms with van der Waals surface area (Å²) in [7, 11) is 5.22. The van der Waals surface area contributed by atoms with E-state index in [1.165, 1.54) is 0 Å². The van der Waals surface area contributed by atoms with E-state index in [0.29, 0.717) is 4.48 Å². The molecule has 0 radical (unpaired) electrons. The van der Waals surface area contributed by atoms with Gasteiger partial charge in [-0.25, -0.2) is 9.59 Å². The number of carbonyl (C=O) groups excluding carboxylic acids is 1. The molecule has 0 aromatic carbocycles. The summed E-state index contributed by atoms with van der Waals surface area (Å²) in [6.07, 6.45) is -6.12. The number of carboxylic acid groups (broad SMARTS) is 2. The first-order chi connectivity index (χ1) is 8.94. The quantitative estimate of drug-likeness (QED) is 0.217. The van der Waals surface area contributed by atoms with Gasteiger partial charge in [0.15, 0.2) is 18.3 Å². The van der Waals surface area contributed by atoms with Crippen molar-refractivity contribution < 1.29 is 44.0 Å². The first-order valence-corrected chi connectivity index (χ1v) is 5.75. The molecule has 0 aliphatic carbocycles. The predicted molar refractivity (Wildman–Crippen MR) is 70.4 cm³/mol. The van der Waals surface area contributed by atoms with Crippen LogP contribution < -0.4 is 0 Å². The molecule has 0 spiro atoms. The number of aliphatic hydroxyl groups excluding tert-OH is 2. The third-order valence-electron chi connectivity index (χ3n) is 2.23. The zero-order chi connectivity index (χ0) is 16.1. The second kappa shape index (κ2) is 9.54. The summed E-state index contributed by atoms with van der Waals surface area (Å²) in [5.41, 5.74) is 0. The van der Waals surface area contributed by atoms with Crippen LogP contribution in [0.4, 0.5) is 0 Å². The van der Waals surface area contributed by atoms with Crippen LogP contribution in [0.1, 0.15) is 6.42 Å². The molecule has 116 valence electrons. The van der Waals surface area contributed by atoms with Crippen LogP contribution in [-0.4, -0.2) is 127 Å². The molecule has 0 aliphatic rings. The van der Waals surface area contributed by atoms with Crippen molar-refractivity contribution in [2.24, 2.45) is 0 Å². The van der Waals surface area contributed by atoms with Gasteiger partial charge in [-0.05, 0) is 0 Å². The van der Waals surface area contributed by atoms with Gasteiger partial charge in [0.1, 0.15) is 6.54 Å². The molecule has 0 aliphatic heterocycles. The number of esters is 1. The SMILES string of the molecule is C[N+](C)(C)C[C@@H](CC(=O)O)OC(=O)C(O)C(O)C(=O)O.[Ca+2]. The van der Waals surface area contributed by atoms with Gasteiger partial charge < -0.3 is 29.6 Å². The molecular weight excluding hydrogens is 314 g/mol. The molecule has 0 aromatic heterocycles. The maximum absolute atomic E-state index is 11.5. The predicted octanol–water partition coefficient (Wildman–Crippen LogP) is -2.50. The van der Waals surface area contributed by atoms with E-state index in [4.69, 9.17) is 20.1 Å². The van der Waals surface area contributed by atoms with Crippen molar-refractivity contribution in [3.05, 3.63) is 0 Å². The Bertz CT molecular complexity index is 381. The summed E-state index contributed by atoms with van der Waals surface area (Å²) in [5, 5.41) is 35.5. The Morgan fingerprint density at radius 2 is 1.52 bits per heavy atom. The molecule has 0 fully saturated rings. The Balaban J connectivity index is 0. The second-order valence-electron chi connectivity index (χ2n) is 5.36. The fraction of sp³-hybridized carbons (Fsp3) is 0.727. The number of nitrogens with zero attached hydrogens (tertiary/aromatic N) is 1. The number of carboxylic acids is 2.